The number of hydrogen-bond donors (Lipinski definition) is 1. The molecule has 1 aromatic carbocycles. The van der Waals surface area contributed by atoms with Gasteiger partial charge in [-0.05, 0) is 18.1 Å². The van der Waals surface area contributed by atoms with Crippen molar-refractivity contribution in [3.05, 3.63) is 29.8 Å². The molecule has 18 heavy (non-hydrogen) atoms. The Balaban J connectivity index is 2.74. The van der Waals surface area contributed by atoms with Crippen molar-refractivity contribution in [1.82, 2.24) is 0 Å². The van der Waals surface area contributed by atoms with Gasteiger partial charge in [-0.1, -0.05) is 65.2 Å². The number of thioether (sulfide) groups is 1. The summed E-state index contributed by atoms with van der Waals surface area (Å²) < 4.78 is 0.235. The smallest absolute Gasteiger partial charge is 0.0306 e. The molecule has 0 radical (unpaired) electrons. The van der Waals surface area contributed by atoms with Crippen LogP contribution in [0, 0.1) is 0 Å². The lowest BCUT2D eigenvalue weighted by Gasteiger charge is -2.22. The van der Waals surface area contributed by atoms with Crippen molar-refractivity contribution < 1.29 is 0 Å². The zero-order chi connectivity index (χ0) is 13.6. The Bertz CT molecular complexity index is 354. The minimum Gasteiger partial charge on any atom is -0.324 e. The molecule has 2 N–H and O–H groups in total. The van der Waals surface area contributed by atoms with Gasteiger partial charge in [-0.15, -0.1) is 11.8 Å². The van der Waals surface area contributed by atoms with Gasteiger partial charge in [0.2, 0.25) is 0 Å². The van der Waals surface area contributed by atoms with Crippen LogP contribution >= 0.6 is 11.8 Å². The van der Waals surface area contributed by atoms with Crippen molar-refractivity contribution in [2.24, 2.45) is 5.73 Å². The van der Waals surface area contributed by atoms with E-state index in [2.05, 4.69) is 52.0 Å². The maximum Gasteiger partial charge on any atom is 0.0306 e. The summed E-state index contributed by atoms with van der Waals surface area (Å²) >= 11 is 1.91. The van der Waals surface area contributed by atoms with Gasteiger partial charge in [0, 0.05) is 15.7 Å². The standard InChI is InChI=1S/C16H27NS/c1-5-6-7-11-14(17)13-10-8-9-12-15(13)18-16(2,3)4/h8-10,12,14H,5-7,11,17H2,1-4H3/t14-/m0/s1. The van der Waals surface area contributed by atoms with Crippen molar-refractivity contribution in [3.63, 3.8) is 0 Å². The first-order chi connectivity index (χ1) is 8.44. The molecule has 1 atom stereocenters. The van der Waals surface area contributed by atoms with E-state index >= 15 is 0 Å². The number of unbranched alkanes of at least 4 members (excludes halogenated alkanes) is 2. The molecule has 1 rings (SSSR count). The fourth-order valence-electron chi connectivity index (χ4n) is 1.98. The fourth-order valence-corrected chi connectivity index (χ4v) is 3.12. The average Bonchev–Trinajstić information content (AvgIpc) is 2.27. The Morgan fingerprint density at radius 2 is 1.83 bits per heavy atom. The monoisotopic (exact) mass is 265 g/mol. The number of benzene rings is 1. The molecule has 2 heteroatoms. The second-order valence-corrected chi connectivity index (χ2v) is 7.72. The van der Waals surface area contributed by atoms with E-state index in [0.29, 0.717) is 0 Å². The molecular formula is C16H27NS. The summed E-state index contributed by atoms with van der Waals surface area (Å²) in [6.07, 6.45) is 4.86. The van der Waals surface area contributed by atoms with E-state index in [1.54, 1.807) is 0 Å². The van der Waals surface area contributed by atoms with Crippen LogP contribution in [0.5, 0.6) is 0 Å². The molecule has 1 aromatic rings. The minimum absolute atomic E-state index is 0.183. The lowest BCUT2D eigenvalue weighted by atomic mass is 10.0. The Morgan fingerprint density at radius 1 is 1.17 bits per heavy atom. The van der Waals surface area contributed by atoms with E-state index < -0.39 is 0 Å². The van der Waals surface area contributed by atoms with Gasteiger partial charge in [0.25, 0.3) is 0 Å². The second kappa shape index (κ2) is 7.20. The van der Waals surface area contributed by atoms with E-state index in [4.69, 9.17) is 5.73 Å². The summed E-state index contributed by atoms with van der Waals surface area (Å²) in [5, 5.41) is 0. The van der Waals surface area contributed by atoms with Crippen LogP contribution in [0.25, 0.3) is 0 Å². The van der Waals surface area contributed by atoms with E-state index in [-0.39, 0.29) is 10.8 Å². The largest absolute Gasteiger partial charge is 0.324 e. The highest BCUT2D eigenvalue weighted by Crippen LogP contribution is 2.36. The normalized spacial score (nSPS) is 13.6. The van der Waals surface area contributed by atoms with Gasteiger partial charge in [0.05, 0.1) is 0 Å². The second-order valence-electron chi connectivity index (χ2n) is 5.85. The molecule has 0 spiro atoms. The van der Waals surface area contributed by atoms with Crippen molar-refractivity contribution in [2.75, 3.05) is 0 Å². The molecule has 0 amide bonds. The average molecular weight is 265 g/mol. The summed E-state index contributed by atoms with van der Waals surface area (Å²) in [5.74, 6) is 0. The molecule has 0 aromatic heterocycles. The van der Waals surface area contributed by atoms with Gasteiger partial charge < -0.3 is 5.73 Å². The highest BCUT2D eigenvalue weighted by atomic mass is 32.2. The van der Waals surface area contributed by atoms with Crippen LogP contribution in [-0.4, -0.2) is 4.75 Å². The molecule has 0 unspecified atom stereocenters. The van der Waals surface area contributed by atoms with Crippen LogP contribution in [0.2, 0.25) is 0 Å². The minimum atomic E-state index is 0.183. The van der Waals surface area contributed by atoms with Crippen molar-refractivity contribution >= 4 is 11.8 Å². The molecule has 0 aliphatic carbocycles. The third kappa shape index (κ3) is 5.45. The first kappa shape index (κ1) is 15.6. The summed E-state index contributed by atoms with van der Waals surface area (Å²) in [5.41, 5.74) is 7.66. The lowest BCUT2D eigenvalue weighted by Crippen LogP contribution is -2.13. The third-order valence-electron chi connectivity index (χ3n) is 2.85. The van der Waals surface area contributed by atoms with E-state index in [0.717, 1.165) is 6.42 Å². The summed E-state index contributed by atoms with van der Waals surface area (Å²) in [4.78, 5) is 1.34. The quantitative estimate of drug-likeness (QED) is 0.568. The van der Waals surface area contributed by atoms with Crippen LogP contribution in [0.15, 0.2) is 29.2 Å². The highest BCUT2D eigenvalue weighted by molar-refractivity contribution is 8.00. The molecule has 0 saturated carbocycles. The van der Waals surface area contributed by atoms with Crippen LogP contribution in [0.4, 0.5) is 0 Å². The molecule has 0 heterocycles. The molecule has 102 valence electrons. The topological polar surface area (TPSA) is 26.0 Å². The van der Waals surface area contributed by atoms with Gasteiger partial charge in [-0.25, -0.2) is 0 Å². The van der Waals surface area contributed by atoms with Crippen LogP contribution in [-0.2, 0) is 0 Å². The van der Waals surface area contributed by atoms with Gasteiger partial charge in [-0.3, -0.25) is 0 Å². The summed E-state index contributed by atoms with van der Waals surface area (Å²) in [6, 6.07) is 8.77. The third-order valence-corrected chi connectivity index (χ3v) is 4.06. The molecular weight excluding hydrogens is 238 g/mol. The maximum atomic E-state index is 6.34. The van der Waals surface area contributed by atoms with Gasteiger partial charge in [-0.2, -0.15) is 0 Å². The van der Waals surface area contributed by atoms with Crippen molar-refractivity contribution in [2.45, 2.75) is 69.1 Å². The fraction of sp³-hybridized carbons (Fsp3) is 0.625. The van der Waals surface area contributed by atoms with Gasteiger partial charge in [0.15, 0.2) is 0 Å². The first-order valence-electron chi connectivity index (χ1n) is 6.97. The number of hydrogen-bond acceptors (Lipinski definition) is 2. The molecule has 0 fully saturated rings. The lowest BCUT2D eigenvalue weighted by molar-refractivity contribution is 0.575. The summed E-state index contributed by atoms with van der Waals surface area (Å²) in [6.45, 7) is 8.97. The number of rotatable bonds is 6. The zero-order valence-corrected chi connectivity index (χ0v) is 13.0. The van der Waals surface area contributed by atoms with Crippen LogP contribution < -0.4 is 5.73 Å². The van der Waals surface area contributed by atoms with Crippen molar-refractivity contribution in [3.8, 4) is 0 Å². The zero-order valence-electron chi connectivity index (χ0n) is 12.2. The maximum absolute atomic E-state index is 6.34. The predicted octanol–water partition coefficient (Wildman–Crippen LogP) is 5.16. The molecule has 0 aliphatic heterocycles. The molecule has 0 bridgehead atoms. The Morgan fingerprint density at radius 3 is 2.44 bits per heavy atom. The Hall–Kier alpha value is -0.470. The molecule has 0 aliphatic rings. The van der Waals surface area contributed by atoms with E-state index in [9.17, 15) is 0 Å². The molecule has 1 nitrogen and oxygen atoms in total. The first-order valence-corrected chi connectivity index (χ1v) is 7.79. The van der Waals surface area contributed by atoms with E-state index in [1.165, 1.54) is 29.7 Å². The number of nitrogens with two attached hydrogens (primary N) is 1. The Kier molecular flexibility index (Phi) is 6.24. The predicted molar refractivity (Wildman–Crippen MR) is 83.1 cm³/mol. The highest BCUT2D eigenvalue weighted by Gasteiger charge is 2.17. The summed E-state index contributed by atoms with van der Waals surface area (Å²) in [7, 11) is 0. The van der Waals surface area contributed by atoms with Gasteiger partial charge in [0.1, 0.15) is 0 Å². The Labute approximate surface area is 117 Å². The van der Waals surface area contributed by atoms with Gasteiger partial charge >= 0.3 is 0 Å². The SMILES string of the molecule is CCCCC[C@H](N)c1ccccc1SC(C)(C)C. The van der Waals surface area contributed by atoms with Crippen molar-refractivity contribution in [1.29, 1.82) is 0 Å². The molecule has 0 saturated heterocycles. The van der Waals surface area contributed by atoms with Crippen LogP contribution in [0.3, 0.4) is 0 Å². The van der Waals surface area contributed by atoms with E-state index in [1.807, 2.05) is 11.8 Å². The van der Waals surface area contributed by atoms with Crippen LogP contribution in [0.1, 0.15) is 65.0 Å².